The standard InChI is InChI=1S/C12H23N3O2/c1-3-10(4-2)14-12(17)15-7-5-9(6-8-15)11(13)16/h9-10H,3-8H2,1-2H3,(H2,13,16)(H,14,17). The van der Waals surface area contributed by atoms with Gasteiger partial charge in [-0.3, -0.25) is 4.79 Å². The smallest absolute Gasteiger partial charge is 0.317 e. The van der Waals surface area contributed by atoms with Crippen molar-refractivity contribution in [3.63, 3.8) is 0 Å². The average Bonchev–Trinajstić information content (AvgIpc) is 2.35. The molecule has 5 heteroatoms. The van der Waals surface area contributed by atoms with Gasteiger partial charge in [0.15, 0.2) is 0 Å². The molecule has 0 aromatic rings. The number of amides is 3. The Labute approximate surface area is 103 Å². The van der Waals surface area contributed by atoms with E-state index in [0.29, 0.717) is 25.9 Å². The number of primary amides is 1. The largest absolute Gasteiger partial charge is 0.369 e. The summed E-state index contributed by atoms with van der Waals surface area (Å²) in [7, 11) is 0. The quantitative estimate of drug-likeness (QED) is 0.773. The van der Waals surface area contributed by atoms with Crippen molar-refractivity contribution in [2.24, 2.45) is 11.7 Å². The molecule has 1 heterocycles. The Morgan fingerprint density at radius 3 is 2.24 bits per heavy atom. The van der Waals surface area contributed by atoms with Crippen molar-refractivity contribution in [2.75, 3.05) is 13.1 Å². The van der Waals surface area contributed by atoms with Crippen LogP contribution in [0.2, 0.25) is 0 Å². The number of nitrogens with zero attached hydrogens (tertiary/aromatic N) is 1. The zero-order valence-corrected chi connectivity index (χ0v) is 10.7. The third kappa shape index (κ3) is 3.91. The van der Waals surface area contributed by atoms with Crippen molar-refractivity contribution < 1.29 is 9.59 Å². The maximum absolute atomic E-state index is 11.9. The summed E-state index contributed by atoms with van der Waals surface area (Å²) in [6.45, 7) is 5.38. The van der Waals surface area contributed by atoms with Crippen LogP contribution < -0.4 is 11.1 Å². The van der Waals surface area contributed by atoms with Gasteiger partial charge in [0.25, 0.3) is 0 Å². The van der Waals surface area contributed by atoms with Crippen LogP contribution >= 0.6 is 0 Å². The molecule has 1 aliphatic rings. The monoisotopic (exact) mass is 241 g/mol. The van der Waals surface area contributed by atoms with Crippen molar-refractivity contribution in [3.05, 3.63) is 0 Å². The lowest BCUT2D eigenvalue weighted by molar-refractivity contribution is -0.123. The highest BCUT2D eigenvalue weighted by atomic mass is 16.2. The highest BCUT2D eigenvalue weighted by Gasteiger charge is 2.26. The lowest BCUT2D eigenvalue weighted by atomic mass is 9.96. The second-order valence-corrected chi connectivity index (χ2v) is 4.63. The van der Waals surface area contributed by atoms with Gasteiger partial charge in [-0.15, -0.1) is 0 Å². The maximum atomic E-state index is 11.9. The van der Waals surface area contributed by atoms with Crippen LogP contribution in [0.1, 0.15) is 39.5 Å². The second-order valence-electron chi connectivity index (χ2n) is 4.63. The summed E-state index contributed by atoms with van der Waals surface area (Å²) >= 11 is 0. The molecule has 98 valence electrons. The molecule has 0 radical (unpaired) electrons. The molecule has 0 bridgehead atoms. The third-order valence-electron chi connectivity index (χ3n) is 3.50. The van der Waals surface area contributed by atoms with Gasteiger partial charge in [0, 0.05) is 25.0 Å². The number of rotatable bonds is 4. The predicted molar refractivity (Wildman–Crippen MR) is 66.4 cm³/mol. The molecule has 1 fully saturated rings. The lowest BCUT2D eigenvalue weighted by Gasteiger charge is -2.31. The van der Waals surface area contributed by atoms with E-state index < -0.39 is 0 Å². The Morgan fingerprint density at radius 2 is 1.82 bits per heavy atom. The number of carbonyl (C=O) groups is 2. The molecule has 1 aliphatic heterocycles. The van der Waals surface area contributed by atoms with Gasteiger partial charge in [-0.25, -0.2) is 4.79 Å². The zero-order valence-electron chi connectivity index (χ0n) is 10.7. The van der Waals surface area contributed by atoms with Gasteiger partial charge in [-0.05, 0) is 25.7 Å². The summed E-state index contributed by atoms with van der Waals surface area (Å²) in [5.41, 5.74) is 5.25. The third-order valence-corrected chi connectivity index (χ3v) is 3.50. The summed E-state index contributed by atoms with van der Waals surface area (Å²) in [5, 5.41) is 3.00. The van der Waals surface area contributed by atoms with Gasteiger partial charge in [0.1, 0.15) is 0 Å². The first-order valence-corrected chi connectivity index (χ1v) is 6.43. The van der Waals surface area contributed by atoms with E-state index in [-0.39, 0.29) is 23.9 Å². The molecule has 1 rings (SSSR count). The van der Waals surface area contributed by atoms with E-state index >= 15 is 0 Å². The van der Waals surface area contributed by atoms with Gasteiger partial charge in [-0.2, -0.15) is 0 Å². The van der Waals surface area contributed by atoms with Gasteiger partial charge in [0.05, 0.1) is 0 Å². The highest BCUT2D eigenvalue weighted by Crippen LogP contribution is 2.16. The molecular weight excluding hydrogens is 218 g/mol. The van der Waals surface area contributed by atoms with Crippen LogP contribution in [0.15, 0.2) is 0 Å². The van der Waals surface area contributed by atoms with Crippen LogP contribution in [-0.4, -0.2) is 36.0 Å². The van der Waals surface area contributed by atoms with Gasteiger partial charge in [0.2, 0.25) is 5.91 Å². The van der Waals surface area contributed by atoms with E-state index in [1.54, 1.807) is 4.90 Å². The summed E-state index contributed by atoms with van der Waals surface area (Å²) in [4.78, 5) is 24.7. The number of nitrogens with two attached hydrogens (primary N) is 1. The van der Waals surface area contributed by atoms with Crippen molar-refractivity contribution >= 4 is 11.9 Å². The van der Waals surface area contributed by atoms with E-state index in [1.807, 2.05) is 0 Å². The Hall–Kier alpha value is -1.26. The van der Waals surface area contributed by atoms with E-state index in [9.17, 15) is 9.59 Å². The minimum Gasteiger partial charge on any atom is -0.369 e. The zero-order chi connectivity index (χ0) is 12.8. The Morgan fingerprint density at radius 1 is 1.29 bits per heavy atom. The number of hydrogen-bond donors (Lipinski definition) is 2. The molecule has 0 aliphatic carbocycles. The molecule has 3 amide bonds. The summed E-state index contributed by atoms with van der Waals surface area (Å²) in [6, 6.07) is 0.234. The number of nitrogens with one attached hydrogen (secondary N) is 1. The molecule has 0 saturated carbocycles. The number of carbonyl (C=O) groups excluding carboxylic acids is 2. The lowest BCUT2D eigenvalue weighted by Crippen LogP contribution is -2.48. The molecule has 0 atom stereocenters. The van der Waals surface area contributed by atoms with Crippen LogP contribution in [0.25, 0.3) is 0 Å². The molecule has 0 unspecified atom stereocenters. The minimum atomic E-state index is -0.245. The van der Waals surface area contributed by atoms with Crippen molar-refractivity contribution in [1.29, 1.82) is 0 Å². The highest BCUT2D eigenvalue weighted by molar-refractivity contribution is 5.78. The van der Waals surface area contributed by atoms with Crippen LogP contribution in [-0.2, 0) is 4.79 Å². The van der Waals surface area contributed by atoms with Crippen molar-refractivity contribution in [3.8, 4) is 0 Å². The Balaban J connectivity index is 2.38. The fourth-order valence-electron chi connectivity index (χ4n) is 2.13. The molecule has 3 N–H and O–H groups in total. The van der Waals surface area contributed by atoms with E-state index in [4.69, 9.17) is 5.73 Å². The molecular formula is C12H23N3O2. The van der Waals surface area contributed by atoms with Crippen molar-refractivity contribution in [2.45, 2.75) is 45.6 Å². The first kappa shape index (κ1) is 13.8. The van der Waals surface area contributed by atoms with Gasteiger partial charge < -0.3 is 16.0 Å². The summed E-state index contributed by atoms with van der Waals surface area (Å²) < 4.78 is 0. The first-order chi connectivity index (χ1) is 8.08. The molecule has 5 nitrogen and oxygen atoms in total. The Kier molecular flexibility index (Phi) is 5.25. The molecule has 17 heavy (non-hydrogen) atoms. The van der Waals surface area contributed by atoms with Gasteiger partial charge >= 0.3 is 6.03 Å². The fraction of sp³-hybridized carbons (Fsp3) is 0.833. The maximum Gasteiger partial charge on any atom is 0.317 e. The van der Waals surface area contributed by atoms with E-state index in [0.717, 1.165) is 12.8 Å². The molecule has 0 aromatic heterocycles. The second kappa shape index (κ2) is 6.47. The predicted octanol–water partition coefficient (Wildman–Crippen LogP) is 1.08. The van der Waals surface area contributed by atoms with Crippen molar-refractivity contribution in [1.82, 2.24) is 10.2 Å². The first-order valence-electron chi connectivity index (χ1n) is 6.43. The average molecular weight is 241 g/mol. The van der Waals surface area contributed by atoms with Crippen LogP contribution in [0.5, 0.6) is 0 Å². The molecule has 1 saturated heterocycles. The number of urea groups is 1. The van der Waals surface area contributed by atoms with E-state index in [1.165, 1.54) is 0 Å². The van der Waals surface area contributed by atoms with Crippen LogP contribution in [0, 0.1) is 5.92 Å². The van der Waals surface area contributed by atoms with Crippen LogP contribution in [0.3, 0.4) is 0 Å². The SMILES string of the molecule is CCC(CC)NC(=O)N1CCC(C(N)=O)CC1. The normalized spacial score (nSPS) is 17.2. The summed E-state index contributed by atoms with van der Waals surface area (Å²) in [6.07, 6.45) is 3.26. The Bertz CT molecular complexity index is 269. The number of hydrogen-bond acceptors (Lipinski definition) is 2. The molecule has 0 aromatic carbocycles. The van der Waals surface area contributed by atoms with Crippen LogP contribution in [0.4, 0.5) is 4.79 Å². The van der Waals surface area contributed by atoms with E-state index in [2.05, 4.69) is 19.2 Å². The number of piperidine rings is 1. The summed E-state index contributed by atoms with van der Waals surface area (Å²) in [5.74, 6) is -0.308. The minimum absolute atomic E-state index is 0.0124. The topological polar surface area (TPSA) is 75.4 Å². The fourth-order valence-corrected chi connectivity index (χ4v) is 2.13. The van der Waals surface area contributed by atoms with Gasteiger partial charge in [-0.1, -0.05) is 13.8 Å². The number of likely N-dealkylation sites (tertiary alicyclic amines) is 1. The molecule has 0 spiro atoms.